The molecule has 0 atom stereocenters. The predicted molar refractivity (Wildman–Crippen MR) is 214 cm³/mol. The second-order valence-electron chi connectivity index (χ2n) is 13.3. The van der Waals surface area contributed by atoms with Crippen LogP contribution in [0.5, 0.6) is 5.88 Å². The summed E-state index contributed by atoms with van der Waals surface area (Å²) in [4.78, 5) is 43.3. The van der Waals surface area contributed by atoms with Gasteiger partial charge in [0.05, 0.1) is 48.2 Å². The largest absolute Gasteiger partial charge is 0.434 e. The zero-order valence-corrected chi connectivity index (χ0v) is 31.3. The van der Waals surface area contributed by atoms with Crippen LogP contribution in [-0.2, 0) is 27.5 Å². The Hall–Kier alpha value is -6.69. The molecule has 8 rings (SSSR count). The van der Waals surface area contributed by atoms with Crippen molar-refractivity contribution in [3.63, 3.8) is 0 Å². The fourth-order valence-electron chi connectivity index (χ4n) is 7.02. The van der Waals surface area contributed by atoms with Crippen LogP contribution in [-0.4, -0.2) is 56.5 Å². The van der Waals surface area contributed by atoms with Crippen LogP contribution in [0.15, 0.2) is 114 Å². The van der Waals surface area contributed by atoms with Crippen LogP contribution in [0, 0.1) is 20.4 Å². The van der Waals surface area contributed by atoms with Crippen LogP contribution in [0.1, 0.15) is 73.3 Å². The summed E-state index contributed by atoms with van der Waals surface area (Å²) in [5.41, 5.74) is 13.1. The van der Waals surface area contributed by atoms with Crippen molar-refractivity contribution in [1.29, 1.82) is 0 Å². The number of carbonyl (C=O) groups excluding carboxylic acids is 1. The lowest BCUT2D eigenvalue weighted by molar-refractivity contribution is -0.221. The van der Waals surface area contributed by atoms with Gasteiger partial charge in [0.1, 0.15) is 25.0 Å². The van der Waals surface area contributed by atoms with Gasteiger partial charge in [-0.15, -0.1) is 0 Å². The summed E-state index contributed by atoms with van der Waals surface area (Å²) in [5, 5.41) is 0. The fourth-order valence-corrected chi connectivity index (χ4v) is 7.02. The second kappa shape index (κ2) is 16.0. The average Bonchev–Trinajstić information content (AvgIpc) is 3.74. The van der Waals surface area contributed by atoms with E-state index in [2.05, 4.69) is 53.3 Å². The number of fused-ring (bicyclic) bond motifs is 6. The maximum atomic E-state index is 13.3. The number of hydrogen-bond acceptors (Lipinski definition) is 9. The normalized spacial score (nSPS) is 13.1. The number of ether oxygens (including phenoxy) is 2. The number of imidazole rings is 2. The Kier molecular flexibility index (Phi) is 10.3. The molecule has 0 saturated heterocycles. The van der Waals surface area contributed by atoms with E-state index in [0.29, 0.717) is 18.1 Å². The van der Waals surface area contributed by atoms with Gasteiger partial charge in [0.2, 0.25) is 0 Å². The Morgan fingerprint density at radius 3 is 2.02 bits per heavy atom. The van der Waals surface area contributed by atoms with Crippen molar-refractivity contribution in [3.05, 3.63) is 172 Å². The molecule has 0 bridgehead atoms. The number of carbonyl (C=O) groups is 1. The molecule has 0 spiro atoms. The average molecular weight is 744 g/mol. The lowest BCUT2D eigenvalue weighted by Gasteiger charge is -2.14. The first-order valence-corrected chi connectivity index (χ1v) is 18.3. The van der Waals surface area contributed by atoms with Crippen molar-refractivity contribution in [2.75, 3.05) is 20.0 Å². The van der Waals surface area contributed by atoms with E-state index in [-0.39, 0.29) is 32.2 Å². The number of hydrogen-bond donors (Lipinski definition) is 0. The lowest BCUT2D eigenvalue weighted by atomic mass is 9.95. The molecule has 0 fully saturated rings. The number of aromatic nitrogens is 4. The molecule has 2 aliphatic heterocycles. The molecule has 56 heavy (non-hydrogen) atoms. The first kappa shape index (κ1) is 36.3. The SMILES string of the molecule is [CH]=Cc1ccc2c(c1)C(c1ccccc1C)=NCc1c(C(=O)OCOCCOOc3ncn4c3CN=C(c3ccccc3C)c3cc(C=CC)ccc3-4)ncn1-2. The standard InChI is InChI=1S/C45H39N6O5/c1-5-11-32-17-19-38-36(23-32)42(34-15-10-8-13-30(34)4)47-25-40-44(49-27-51(38)40)56-55-21-20-53-28-54-45(52)43-39-24-46-41(33-14-9-7-12-29(33)3)35-22-31(6-2)16-18-37(35)50(39)26-48-43/h2,5-19,22-23,26-27H,20-21,24-25,28H2,1,3-4H3. The smallest absolute Gasteiger partial charge is 0.361 e. The molecule has 1 radical (unpaired) electrons. The number of aryl methyl sites for hydroxylation is 2. The van der Waals surface area contributed by atoms with Crippen LogP contribution in [0.3, 0.4) is 0 Å². The first-order chi connectivity index (χ1) is 27.4. The number of benzene rings is 4. The summed E-state index contributed by atoms with van der Waals surface area (Å²) in [7, 11) is 0. The van der Waals surface area contributed by atoms with E-state index in [1.54, 1.807) is 18.7 Å². The van der Waals surface area contributed by atoms with Crippen LogP contribution >= 0.6 is 0 Å². The second-order valence-corrected chi connectivity index (χ2v) is 13.3. The molecule has 2 aromatic heterocycles. The number of aliphatic imine (C=N–C) groups is 2. The summed E-state index contributed by atoms with van der Waals surface area (Å²) < 4.78 is 14.9. The molecule has 0 unspecified atom stereocenters. The van der Waals surface area contributed by atoms with Crippen molar-refractivity contribution in [3.8, 4) is 17.3 Å². The van der Waals surface area contributed by atoms with Gasteiger partial charge in [0.25, 0.3) is 5.88 Å². The van der Waals surface area contributed by atoms with Crippen molar-refractivity contribution in [2.24, 2.45) is 9.98 Å². The molecule has 279 valence electrons. The van der Waals surface area contributed by atoms with Crippen LogP contribution in [0.25, 0.3) is 23.5 Å². The zero-order valence-electron chi connectivity index (χ0n) is 31.3. The van der Waals surface area contributed by atoms with E-state index in [1.807, 2.05) is 83.7 Å². The Labute approximate surface area is 324 Å². The van der Waals surface area contributed by atoms with Crippen molar-refractivity contribution < 1.29 is 24.0 Å². The van der Waals surface area contributed by atoms with Gasteiger partial charge in [-0.3, -0.25) is 19.1 Å². The minimum atomic E-state index is -0.622. The molecular formula is C45H39N6O5. The molecular weight excluding hydrogens is 705 g/mol. The summed E-state index contributed by atoms with van der Waals surface area (Å²) in [5.74, 6) is -0.314. The zero-order chi connectivity index (χ0) is 38.6. The summed E-state index contributed by atoms with van der Waals surface area (Å²) in [6, 6.07) is 28.4. The molecule has 4 aromatic carbocycles. The molecule has 4 heterocycles. The number of rotatable bonds is 12. The van der Waals surface area contributed by atoms with Crippen molar-refractivity contribution >= 4 is 29.5 Å². The first-order valence-electron chi connectivity index (χ1n) is 18.3. The van der Waals surface area contributed by atoms with Gasteiger partial charge in [0, 0.05) is 22.3 Å². The monoisotopic (exact) mass is 743 g/mol. The number of esters is 1. The third-order valence-corrected chi connectivity index (χ3v) is 9.81. The third-order valence-electron chi connectivity index (χ3n) is 9.81. The van der Waals surface area contributed by atoms with Gasteiger partial charge >= 0.3 is 5.97 Å². The van der Waals surface area contributed by atoms with Crippen LogP contribution in [0.2, 0.25) is 0 Å². The van der Waals surface area contributed by atoms with Gasteiger partial charge in [-0.25, -0.2) is 9.78 Å². The highest BCUT2D eigenvalue weighted by Crippen LogP contribution is 2.32. The molecule has 11 heteroatoms. The highest BCUT2D eigenvalue weighted by atomic mass is 17.2. The van der Waals surface area contributed by atoms with Gasteiger partial charge < -0.3 is 14.4 Å². The molecule has 2 aliphatic rings. The number of nitrogens with zero attached hydrogens (tertiary/aromatic N) is 6. The molecule has 0 amide bonds. The maximum Gasteiger partial charge on any atom is 0.361 e. The van der Waals surface area contributed by atoms with E-state index in [9.17, 15) is 4.79 Å². The van der Waals surface area contributed by atoms with E-state index >= 15 is 0 Å². The topological polar surface area (TPSA) is 114 Å². The Morgan fingerprint density at radius 2 is 1.36 bits per heavy atom. The summed E-state index contributed by atoms with van der Waals surface area (Å²) in [6.07, 6.45) is 8.97. The molecule has 0 saturated carbocycles. The molecule has 0 aliphatic carbocycles. The van der Waals surface area contributed by atoms with Crippen molar-refractivity contribution in [2.45, 2.75) is 33.9 Å². The van der Waals surface area contributed by atoms with Gasteiger partial charge in [-0.2, -0.15) is 9.87 Å². The quantitative estimate of drug-likeness (QED) is 0.0410. The van der Waals surface area contributed by atoms with Crippen LogP contribution in [0.4, 0.5) is 0 Å². The van der Waals surface area contributed by atoms with Crippen LogP contribution < -0.4 is 4.89 Å². The van der Waals surface area contributed by atoms with E-state index in [4.69, 9.17) is 35.8 Å². The third kappa shape index (κ3) is 7.01. The van der Waals surface area contributed by atoms with Gasteiger partial charge in [-0.1, -0.05) is 85.5 Å². The highest BCUT2D eigenvalue weighted by molar-refractivity contribution is 6.17. The fraction of sp³-hybridized carbons (Fsp3) is 0.178. The van der Waals surface area contributed by atoms with Crippen molar-refractivity contribution in [1.82, 2.24) is 19.1 Å². The van der Waals surface area contributed by atoms with Gasteiger partial charge in [0.15, 0.2) is 12.5 Å². The predicted octanol–water partition coefficient (Wildman–Crippen LogP) is 8.00. The maximum absolute atomic E-state index is 13.3. The van der Waals surface area contributed by atoms with E-state index in [0.717, 1.165) is 73.0 Å². The molecule has 0 N–H and O–H groups in total. The Bertz CT molecular complexity index is 2560. The summed E-state index contributed by atoms with van der Waals surface area (Å²) in [6.45, 7) is 12.4. The molecule has 6 aromatic rings. The van der Waals surface area contributed by atoms with E-state index in [1.165, 1.54) is 0 Å². The van der Waals surface area contributed by atoms with Gasteiger partial charge in [-0.05, 0) is 67.3 Å². The highest BCUT2D eigenvalue weighted by Gasteiger charge is 2.27. The number of allylic oxidation sites excluding steroid dienone is 1. The van der Waals surface area contributed by atoms with E-state index < -0.39 is 5.97 Å². The lowest BCUT2D eigenvalue weighted by Crippen LogP contribution is -2.14. The summed E-state index contributed by atoms with van der Waals surface area (Å²) >= 11 is 0. The Morgan fingerprint density at radius 1 is 0.750 bits per heavy atom. The Balaban J connectivity index is 0.901. The minimum Gasteiger partial charge on any atom is -0.434 e. The minimum absolute atomic E-state index is 0.0557. The molecule has 11 nitrogen and oxygen atoms in total.